The molecule has 0 saturated carbocycles. The van der Waals surface area contributed by atoms with Crippen molar-refractivity contribution in [1.29, 1.82) is 0 Å². The molecule has 4 aliphatic rings. The molecule has 4 aliphatic heterocycles. The molecule has 1 amide bonds. The Labute approximate surface area is 215 Å². The summed E-state index contributed by atoms with van der Waals surface area (Å²) in [6.07, 6.45) is 7.94. The van der Waals surface area contributed by atoms with Crippen molar-refractivity contribution in [3.63, 3.8) is 0 Å². The molecule has 2 N–H and O–H groups in total. The van der Waals surface area contributed by atoms with Crippen molar-refractivity contribution in [3.05, 3.63) is 52.8 Å². The van der Waals surface area contributed by atoms with E-state index in [2.05, 4.69) is 15.6 Å². The Bertz CT molecular complexity index is 1230. The van der Waals surface area contributed by atoms with Gasteiger partial charge in [0.15, 0.2) is 11.4 Å². The number of halogens is 2. The molecule has 1 atom stereocenters. The summed E-state index contributed by atoms with van der Waals surface area (Å²) in [4.78, 5) is 19.0. The summed E-state index contributed by atoms with van der Waals surface area (Å²) in [7, 11) is -0.806. The van der Waals surface area contributed by atoms with Gasteiger partial charge in [0, 0.05) is 12.3 Å². The first-order valence-corrected chi connectivity index (χ1v) is 13.5. The average Bonchev–Trinajstić information content (AvgIpc) is 3.23. The Morgan fingerprint density at radius 3 is 2.86 bits per heavy atom. The third kappa shape index (κ3) is 5.44. The molecule has 1 aromatic heterocycles. The van der Waals surface area contributed by atoms with Crippen LogP contribution in [0.25, 0.3) is 0 Å². The van der Waals surface area contributed by atoms with Gasteiger partial charge < -0.3 is 9.47 Å². The Morgan fingerprint density at radius 1 is 1.42 bits per heavy atom. The van der Waals surface area contributed by atoms with Gasteiger partial charge in [-0.15, -0.1) is 0 Å². The number of carbonyl (C=O) groups is 1. The number of nitrogens with one attached hydrogen (secondary N) is 2. The topological polar surface area (TPSA) is 105 Å². The smallest absolute Gasteiger partial charge is 0.484 e. The molecule has 12 heteroatoms. The molecule has 2 saturated heterocycles. The van der Waals surface area contributed by atoms with E-state index in [9.17, 15) is 13.2 Å². The maximum absolute atomic E-state index is 14.4. The zero-order valence-corrected chi connectivity index (χ0v) is 21.6. The number of rotatable bonds is 7. The number of hydrogen-bond donors (Lipinski definition) is 2. The Balaban J connectivity index is 1.28. The zero-order valence-electron chi connectivity index (χ0n) is 20.0. The van der Waals surface area contributed by atoms with Crippen molar-refractivity contribution >= 4 is 28.1 Å². The normalized spacial score (nSPS) is 24.4. The van der Waals surface area contributed by atoms with Crippen LogP contribution < -0.4 is 20.1 Å². The minimum Gasteiger partial charge on any atom is -0.484 e. The number of allylic oxidation sites excluding steroid dienone is 1. The Morgan fingerprint density at radius 2 is 2.17 bits per heavy atom. The van der Waals surface area contributed by atoms with Crippen LogP contribution >= 0.6 is 11.6 Å². The molecule has 36 heavy (non-hydrogen) atoms. The van der Waals surface area contributed by atoms with E-state index in [0.717, 1.165) is 5.57 Å². The number of nitrogens with zero attached hydrogens (tertiary/aromatic N) is 2. The van der Waals surface area contributed by atoms with Crippen molar-refractivity contribution in [2.45, 2.75) is 44.1 Å². The van der Waals surface area contributed by atoms with E-state index >= 15 is 0 Å². The molecular formula is C24H28ClFN4O5S. The number of hydrogen-bond acceptors (Lipinski definition) is 8. The predicted octanol–water partition coefficient (Wildman–Crippen LogP) is 2.74. The molecule has 2 fully saturated rings. The predicted molar refractivity (Wildman–Crippen MR) is 132 cm³/mol. The van der Waals surface area contributed by atoms with Crippen LogP contribution in [0.5, 0.6) is 11.6 Å². The van der Waals surface area contributed by atoms with Crippen molar-refractivity contribution in [3.8, 4) is 11.6 Å². The number of carbonyl (C=O) groups excluding carboxylic acids is 1. The van der Waals surface area contributed by atoms with E-state index < -0.39 is 16.3 Å². The molecule has 0 aliphatic carbocycles. The van der Waals surface area contributed by atoms with Crippen LogP contribution in [0.2, 0.25) is 5.02 Å². The second kappa shape index (κ2) is 9.77. The maximum atomic E-state index is 14.4. The van der Waals surface area contributed by atoms with Crippen LogP contribution in [0.3, 0.4) is 0 Å². The molecule has 194 valence electrons. The first kappa shape index (κ1) is 25.2. The Kier molecular flexibility index (Phi) is 6.84. The van der Waals surface area contributed by atoms with Gasteiger partial charge in [0.05, 0.1) is 18.2 Å². The van der Waals surface area contributed by atoms with Crippen LogP contribution in [0, 0.1) is 0 Å². The summed E-state index contributed by atoms with van der Waals surface area (Å²) in [6, 6.07) is 1.53. The summed E-state index contributed by atoms with van der Waals surface area (Å²) < 4.78 is 42.7. The quantitative estimate of drug-likeness (QED) is 0.406. The van der Waals surface area contributed by atoms with Crippen LogP contribution in [-0.4, -0.2) is 64.5 Å². The third-order valence-electron chi connectivity index (χ3n) is 6.59. The van der Waals surface area contributed by atoms with Crippen molar-refractivity contribution in [2.24, 2.45) is 0 Å². The summed E-state index contributed by atoms with van der Waals surface area (Å²) in [5.74, 6) is 1.84. The summed E-state index contributed by atoms with van der Waals surface area (Å²) in [5, 5.41) is 6.65. The first-order chi connectivity index (χ1) is 17.1. The monoisotopic (exact) mass is 538 g/mol. The second-order valence-corrected chi connectivity index (χ2v) is 11.9. The van der Waals surface area contributed by atoms with Gasteiger partial charge in [-0.25, -0.2) is 9.37 Å². The van der Waals surface area contributed by atoms with Gasteiger partial charge in [0.25, 0.3) is 5.88 Å². The standard InChI is InChI=1S/C24H28ClFN4O5S/c1-15-7-20-28-17(21(31)29-23(2)3-5-36(32)6-4-23)10-30(20)11-19(15)35-22-18(8-16(25)9-27-22)34-14-24(26)12-33-13-24/h7-11,20,28H,3-6,12-14H2,1-2H3,(H,29,31). The van der Waals surface area contributed by atoms with E-state index in [0.29, 0.717) is 40.8 Å². The Hall–Kier alpha value is -2.47. The number of alkyl halides is 1. The number of aromatic nitrogens is 1. The van der Waals surface area contributed by atoms with Crippen LogP contribution in [0.15, 0.2) is 47.8 Å². The van der Waals surface area contributed by atoms with Gasteiger partial charge in [-0.2, -0.15) is 0 Å². The van der Waals surface area contributed by atoms with Gasteiger partial charge >= 0.3 is 131 Å². The molecule has 0 radical (unpaired) electrons. The molecule has 0 bridgehead atoms. The number of ether oxygens (including phenoxy) is 3. The van der Waals surface area contributed by atoms with Gasteiger partial charge in [0.1, 0.15) is 6.61 Å². The van der Waals surface area contributed by atoms with Gasteiger partial charge in [0.2, 0.25) is 0 Å². The van der Waals surface area contributed by atoms with Crippen LogP contribution in [-0.2, 0) is 24.2 Å². The fourth-order valence-corrected chi connectivity index (χ4v) is 5.92. The summed E-state index contributed by atoms with van der Waals surface area (Å²) in [6.45, 7) is 3.63. The molecule has 0 aromatic carbocycles. The van der Waals surface area contributed by atoms with E-state index in [4.69, 9.17) is 25.8 Å². The van der Waals surface area contributed by atoms with Gasteiger partial charge in [-0.3, -0.25) is 0 Å². The SMILES string of the molecule is CC1=CC2NC(C(=O)NC3(C)CC[S-](#[O+])CC3)=CN2C=C1Oc1ncc(Cl)cc1OCC1(F)COC1. The number of amides is 1. The van der Waals surface area contributed by atoms with E-state index in [-0.39, 0.29) is 49.1 Å². The van der Waals surface area contributed by atoms with E-state index in [1.807, 2.05) is 24.8 Å². The molecule has 9 nitrogen and oxygen atoms in total. The molecule has 5 rings (SSSR count). The fraction of sp³-hybridized carbons (Fsp3) is 0.500. The van der Waals surface area contributed by atoms with E-state index in [1.165, 1.54) is 12.3 Å². The molecule has 0 spiro atoms. The van der Waals surface area contributed by atoms with Gasteiger partial charge in [-0.1, -0.05) is 11.6 Å². The fourth-order valence-electron chi connectivity index (χ4n) is 4.21. The minimum atomic E-state index is -1.54. The first-order valence-electron chi connectivity index (χ1n) is 11.7. The van der Waals surface area contributed by atoms with Crippen LogP contribution in [0.1, 0.15) is 26.7 Å². The molecular weight excluding hydrogens is 511 g/mol. The van der Waals surface area contributed by atoms with Gasteiger partial charge in [-0.05, 0) is 0 Å². The zero-order chi connectivity index (χ0) is 25.5. The van der Waals surface area contributed by atoms with Crippen molar-refractivity contribution in [2.75, 3.05) is 31.3 Å². The molecule has 1 unspecified atom stereocenters. The average molecular weight is 539 g/mol. The van der Waals surface area contributed by atoms with Crippen LogP contribution in [0.4, 0.5) is 4.39 Å². The molecule has 5 heterocycles. The summed E-state index contributed by atoms with van der Waals surface area (Å²) in [5.41, 5.74) is -0.675. The second-order valence-electron chi connectivity index (χ2n) is 9.78. The number of pyridine rings is 1. The third-order valence-corrected chi connectivity index (χ3v) is 8.11. The summed E-state index contributed by atoms with van der Waals surface area (Å²) >= 11 is 6.07. The van der Waals surface area contributed by atoms with E-state index in [1.54, 1.807) is 12.4 Å². The molecule has 1 aromatic rings. The van der Waals surface area contributed by atoms with Crippen molar-refractivity contribution < 1.29 is 27.4 Å². The minimum absolute atomic E-state index is 0.0194. The van der Waals surface area contributed by atoms with Crippen molar-refractivity contribution in [1.82, 2.24) is 20.5 Å². The number of fused-ring (bicyclic) bond motifs is 1.